The highest BCUT2D eigenvalue weighted by Gasteiger charge is 2.31. The average Bonchev–Trinajstić information content (AvgIpc) is 2.30. The molecule has 5 heteroatoms. The molecule has 102 valence electrons. The largest absolute Gasteiger partial charge is 0.416 e. The van der Waals surface area contributed by atoms with E-state index in [1.165, 1.54) is 6.07 Å². The first-order valence-electron chi connectivity index (χ1n) is 5.96. The van der Waals surface area contributed by atoms with E-state index < -0.39 is 11.7 Å². The quantitative estimate of drug-likeness (QED) is 0.793. The third kappa shape index (κ3) is 3.31. The van der Waals surface area contributed by atoms with Crippen LogP contribution in [0.15, 0.2) is 18.2 Å². The first kappa shape index (κ1) is 14.7. The molecule has 0 aliphatic rings. The summed E-state index contributed by atoms with van der Waals surface area (Å²) in [7, 11) is 0. The summed E-state index contributed by atoms with van der Waals surface area (Å²) >= 11 is 0. The molecule has 0 fully saturated rings. The molecule has 0 saturated heterocycles. The minimum Gasteiger partial charge on any atom is -0.397 e. The SMILES string of the molecule is CCC(C)(CC)Nc1ccc(C(F)(F)F)cc1N. The van der Waals surface area contributed by atoms with Crippen LogP contribution < -0.4 is 11.1 Å². The Labute approximate surface area is 105 Å². The number of benzene rings is 1. The zero-order valence-electron chi connectivity index (χ0n) is 10.9. The third-order valence-electron chi connectivity index (χ3n) is 3.38. The molecule has 1 rings (SSSR count). The Balaban J connectivity index is 3.00. The Morgan fingerprint density at radius 3 is 2.11 bits per heavy atom. The first-order chi connectivity index (χ1) is 8.22. The van der Waals surface area contributed by atoms with Gasteiger partial charge in [0.2, 0.25) is 0 Å². The predicted octanol–water partition coefficient (Wildman–Crippen LogP) is 4.28. The standard InChI is InChI=1S/C13H19F3N2/c1-4-12(3,5-2)18-11-7-6-9(8-10(11)17)13(14,15)16/h6-8,18H,4-5,17H2,1-3H3. The maximum atomic E-state index is 12.5. The van der Waals surface area contributed by atoms with Gasteiger partial charge in [-0.3, -0.25) is 0 Å². The second-order valence-electron chi connectivity index (χ2n) is 4.69. The second-order valence-corrected chi connectivity index (χ2v) is 4.69. The van der Waals surface area contributed by atoms with E-state index in [2.05, 4.69) is 5.32 Å². The molecular formula is C13H19F3N2. The second kappa shape index (κ2) is 5.08. The zero-order chi connectivity index (χ0) is 14.0. The van der Waals surface area contributed by atoms with Crippen molar-refractivity contribution in [1.82, 2.24) is 0 Å². The molecule has 1 aromatic rings. The van der Waals surface area contributed by atoms with Crippen molar-refractivity contribution in [2.45, 2.75) is 45.3 Å². The van der Waals surface area contributed by atoms with Gasteiger partial charge in [-0.05, 0) is 38.0 Å². The fourth-order valence-electron chi connectivity index (χ4n) is 1.60. The summed E-state index contributed by atoms with van der Waals surface area (Å²) in [5.74, 6) is 0. The van der Waals surface area contributed by atoms with Crippen LogP contribution >= 0.6 is 0 Å². The number of alkyl halides is 3. The summed E-state index contributed by atoms with van der Waals surface area (Å²) in [6, 6.07) is 3.40. The molecule has 0 radical (unpaired) electrons. The third-order valence-corrected chi connectivity index (χ3v) is 3.38. The first-order valence-corrected chi connectivity index (χ1v) is 5.96. The maximum Gasteiger partial charge on any atom is 0.416 e. The van der Waals surface area contributed by atoms with Gasteiger partial charge < -0.3 is 11.1 Å². The molecule has 0 spiro atoms. The van der Waals surface area contributed by atoms with Crippen LogP contribution in [-0.2, 0) is 6.18 Å². The van der Waals surface area contributed by atoms with Gasteiger partial charge in [0.15, 0.2) is 0 Å². The van der Waals surface area contributed by atoms with Crippen molar-refractivity contribution in [3.63, 3.8) is 0 Å². The Kier molecular flexibility index (Phi) is 4.14. The van der Waals surface area contributed by atoms with E-state index in [-0.39, 0.29) is 11.2 Å². The Hall–Kier alpha value is -1.39. The highest BCUT2D eigenvalue weighted by molar-refractivity contribution is 5.68. The number of nitrogens with one attached hydrogen (secondary N) is 1. The number of hydrogen-bond donors (Lipinski definition) is 2. The van der Waals surface area contributed by atoms with E-state index in [0.717, 1.165) is 25.0 Å². The summed E-state index contributed by atoms with van der Waals surface area (Å²) < 4.78 is 37.5. The molecule has 2 nitrogen and oxygen atoms in total. The van der Waals surface area contributed by atoms with Crippen molar-refractivity contribution in [2.24, 2.45) is 0 Å². The Bertz CT molecular complexity index is 409. The van der Waals surface area contributed by atoms with E-state index in [1.807, 2.05) is 20.8 Å². The molecule has 0 unspecified atom stereocenters. The van der Waals surface area contributed by atoms with Crippen LogP contribution in [0.3, 0.4) is 0 Å². The minimum absolute atomic E-state index is 0.123. The minimum atomic E-state index is -4.36. The lowest BCUT2D eigenvalue weighted by molar-refractivity contribution is -0.137. The molecule has 0 atom stereocenters. The summed E-state index contributed by atoms with van der Waals surface area (Å²) in [4.78, 5) is 0. The van der Waals surface area contributed by atoms with Crippen molar-refractivity contribution in [3.05, 3.63) is 23.8 Å². The lowest BCUT2D eigenvalue weighted by atomic mass is 9.95. The van der Waals surface area contributed by atoms with Crippen LogP contribution in [0.2, 0.25) is 0 Å². The number of anilines is 2. The Morgan fingerprint density at radius 1 is 1.17 bits per heavy atom. The molecule has 1 aromatic carbocycles. The van der Waals surface area contributed by atoms with Gasteiger partial charge in [0.25, 0.3) is 0 Å². The van der Waals surface area contributed by atoms with Crippen LogP contribution in [-0.4, -0.2) is 5.54 Å². The van der Waals surface area contributed by atoms with Gasteiger partial charge in [0, 0.05) is 5.54 Å². The molecule has 18 heavy (non-hydrogen) atoms. The monoisotopic (exact) mass is 260 g/mol. The van der Waals surface area contributed by atoms with Crippen molar-refractivity contribution in [3.8, 4) is 0 Å². The number of halogens is 3. The normalized spacial score (nSPS) is 12.6. The summed E-state index contributed by atoms with van der Waals surface area (Å²) in [6.07, 6.45) is -2.63. The van der Waals surface area contributed by atoms with Crippen molar-refractivity contribution in [2.75, 3.05) is 11.1 Å². The van der Waals surface area contributed by atoms with Crippen LogP contribution in [0, 0.1) is 0 Å². The van der Waals surface area contributed by atoms with E-state index in [9.17, 15) is 13.2 Å². The fourth-order valence-corrected chi connectivity index (χ4v) is 1.60. The summed E-state index contributed by atoms with van der Waals surface area (Å²) in [5.41, 5.74) is 5.46. The van der Waals surface area contributed by atoms with Gasteiger partial charge in [-0.2, -0.15) is 13.2 Å². The topological polar surface area (TPSA) is 38.0 Å². The van der Waals surface area contributed by atoms with E-state index in [4.69, 9.17) is 5.73 Å². The van der Waals surface area contributed by atoms with Crippen molar-refractivity contribution in [1.29, 1.82) is 0 Å². The molecular weight excluding hydrogens is 241 g/mol. The van der Waals surface area contributed by atoms with Crippen LogP contribution in [0.1, 0.15) is 39.2 Å². The van der Waals surface area contributed by atoms with Crippen LogP contribution in [0.5, 0.6) is 0 Å². The highest BCUT2D eigenvalue weighted by Crippen LogP contribution is 2.34. The number of rotatable bonds is 4. The van der Waals surface area contributed by atoms with E-state index in [0.29, 0.717) is 5.69 Å². The van der Waals surface area contributed by atoms with Gasteiger partial charge >= 0.3 is 6.18 Å². The lowest BCUT2D eigenvalue weighted by Crippen LogP contribution is -2.33. The van der Waals surface area contributed by atoms with Crippen LogP contribution in [0.4, 0.5) is 24.5 Å². The zero-order valence-corrected chi connectivity index (χ0v) is 10.9. The fraction of sp³-hybridized carbons (Fsp3) is 0.538. The van der Waals surface area contributed by atoms with Crippen molar-refractivity contribution >= 4 is 11.4 Å². The van der Waals surface area contributed by atoms with E-state index >= 15 is 0 Å². The number of nitrogen functional groups attached to an aromatic ring is 1. The summed E-state index contributed by atoms with van der Waals surface area (Å²) in [6.45, 7) is 6.07. The van der Waals surface area contributed by atoms with Crippen LogP contribution in [0.25, 0.3) is 0 Å². The predicted molar refractivity (Wildman–Crippen MR) is 68.5 cm³/mol. The van der Waals surface area contributed by atoms with Gasteiger partial charge in [0.1, 0.15) is 0 Å². The molecule has 3 N–H and O–H groups in total. The Morgan fingerprint density at radius 2 is 1.72 bits per heavy atom. The molecule has 0 aromatic heterocycles. The highest BCUT2D eigenvalue weighted by atomic mass is 19.4. The van der Waals surface area contributed by atoms with E-state index in [1.54, 1.807) is 0 Å². The maximum absolute atomic E-state index is 12.5. The molecule has 0 aliphatic carbocycles. The molecule has 0 aliphatic heterocycles. The molecule has 0 saturated carbocycles. The average molecular weight is 260 g/mol. The summed E-state index contributed by atoms with van der Waals surface area (Å²) in [5, 5.41) is 3.21. The molecule has 0 amide bonds. The number of nitrogens with two attached hydrogens (primary N) is 1. The van der Waals surface area contributed by atoms with Gasteiger partial charge in [-0.1, -0.05) is 13.8 Å². The van der Waals surface area contributed by atoms with Gasteiger partial charge in [-0.25, -0.2) is 0 Å². The smallest absolute Gasteiger partial charge is 0.397 e. The molecule has 0 heterocycles. The molecule has 0 bridgehead atoms. The lowest BCUT2D eigenvalue weighted by Gasteiger charge is -2.30. The van der Waals surface area contributed by atoms with Gasteiger partial charge in [-0.15, -0.1) is 0 Å². The number of hydrogen-bond acceptors (Lipinski definition) is 2. The van der Waals surface area contributed by atoms with Crippen molar-refractivity contribution < 1.29 is 13.2 Å². The van der Waals surface area contributed by atoms with Gasteiger partial charge in [0.05, 0.1) is 16.9 Å².